The molecular weight excluding hydrogens is 366 g/mol. The minimum atomic E-state index is -3.44. The fourth-order valence-electron chi connectivity index (χ4n) is 3.79. The molecule has 0 bridgehead atoms. The van der Waals surface area contributed by atoms with Gasteiger partial charge in [0.2, 0.25) is 0 Å². The molecule has 1 unspecified atom stereocenters. The average Bonchev–Trinajstić information content (AvgIpc) is 3.20. The topological polar surface area (TPSA) is 101 Å². The summed E-state index contributed by atoms with van der Waals surface area (Å²) in [5, 5.41) is 18.7. The second-order valence-corrected chi connectivity index (χ2v) is 8.80. The Morgan fingerprint density at radius 2 is 1.74 bits per heavy atom. The molecule has 9 heteroatoms. The van der Waals surface area contributed by atoms with Crippen LogP contribution in [0.5, 0.6) is 0 Å². The van der Waals surface area contributed by atoms with Crippen molar-refractivity contribution in [2.75, 3.05) is 52.1 Å². The van der Waals surface area contributed by atoms with E-state index in [9.17, 15) is 18.9 Å². The third kappa shape index (κ3) is 6.39. The summed E-state index contributed by atoms with van der Waals surface area (Å²) < 4.78 is 26.9. The van der Waals surface area contributed by atoms with Gasteiger partial charge in [0.25, 0.3) is 10.1 Å². The Hall–Kier alpha value is -1.81. The molecule has 0 aromatic heterocycles. The number of likely N-dealkylation sites (tertiary alicyclic amines) is 1. The molecule has 2 rings (SSSR count). The van der Waals surface area contributed by atoms with Gasteiger partial charge in [0.15, 0.2) is 5.57 Å². The van der Waals surface area contributed by atoms with Crippen molar-refractivity contribution in [3.05, 3.63) is 11.4 Å². The SMILES string of the molecule is CC1CCCN1CCCN1CCN(CCCOS(C)(=O)=O)C1=C(C#N)C#N. The minimum Gasteiger partial charge on any atom is -0.355 e. The van der Waals surface area contributed by atoms with Gasteiger partial charge in [-0.25, -0.2) is 0 Å². The number of hydrogen-bond donors (Lipinski definition) is 0. The van der Waals surface area contributed by atoms with Crippen molar-refractivity contribution in [3.8, 4) is 12.1 Å². The zero-order valence-electron chi connectivity index (χ0n) is 16.2. The molecule has 2 heterocycles. The Kier molecular flexibility index (Phi) is 7.91. The van der Waals surface area contributed by atoms with Crippen LogP contribution >= 0.6 is 0 Å². The molecule has 8 nitrogen and oxygen atoms in total. The van der Waals surface area contributed by atoms with E-state index in [-0.39, 0.29) is 12.2 Å². The van der Waals surface area contributed by atoms with Gasteiger partial charge in [0.05, 0.1) is 12.9 Å². The van der Waals surface area contributed by atoms with Crippen molar-refractivity contribution in [1.29, 1.82) is 10.5 Å². The Morgan fingerprint density at radius 1 is 1.11 bits per heavy atom. The van der Waals surface area contributed by atoms with Crippen molar-refractivity contribution in [2.24, 2.45) is 0 Å². The van der Waals surface area contributed by atoms with Crippen molar-refractivity contribution >= 4 is 10.1 Å². The smallest absolute Gasteiger partial charge is 0.264 e. The van der Waals surface area contributed by atoms with E-state index in [1.807, 2.05) is 17.0 Å². The molecule has 0 radical (unpaired) electrons. The molecule has 0 spiro atoms. The standard InChI is InChI=1S/C18H29N5O3S/c1-16-6-3-7-21(16)8-4-9-22-11-12-23(18(22)17(14-19)15-20)10-5-13-26-27(2,24)25/h16H,3-13H2,1-2H3. The highest BCUT2D eigenvalue weighted by atomic mass is 32.2. The largest absolute Gasteiger partial charge is 0.355 e. The predicted molar refractivity (Wildman–Crippen MR) is 102 cm³/mol. The molecule has 0 aromatic rings. The van der Waals surface area contributed by atoms with E-state index in [1.165, 1.54) is 12.8 Å². The lowest BCUT2D eigenvalue weighted by molar-refractivity contribution is 0.243. The number of nitrogens with zero attached hydrogens (tertiary/aromatic N) is 5. The van der Waals surface area contributed by atoms with Crippen LogP contribution in [0.15, 0.2) is 11.4 Å². The zero-order valence-corrected chi connectivity index (χ0v) is 17.0. The van der Waals surface area contributed by atoms with Crippen LogP contribution in [0.2, 0.25) is 0 Å². The summed E-state index contributed by atoms with van der Waals surface area (Å²) in [5.41, 5.74) is 0.117. The van der Waals surface area contributed by atoms with Gasteiger partial charge in [-0.3, -0.25) is 4.18 Å². The van der Waals surface area contributed by atoms with Gasteiger partial charge in [0, 0.05) is 38.8 Å². The van der Waals surface area contributed by atoms with Crippen LogP contribution in [0.4, 0.5) is 0 Å². The summed E-state index contributed by atoms with van der Waals surface area (Å²) in [7, 11) is -3.44. The van der Waals surface area contributed by atoms with Crippen LogP contribution in [-0.2, 0) is 14.3 Å². The molecule has 0 N–H and O–H groups in total. The van der Waals surface area contributed by atoms with E-state index in [0.717, 1.165) is 45.4 Å². The summed E-state index contributed by atoms with van der Waals surface area (Å²) in [6.07, 6.45) is 5.04. The van der Waals surface area contributed by atoms with E-state index in [2.05, 4.69) is 16.7 Å². The van der Waals surface area contributed by atoms with Gasteiger partial charge in [-0.1, -0.05) is 0 Å². The molecule has 0 aromatic carbocycles. The van der Waals surface area contributed by atoms with E-state index in [0.29, 0.717) is 24.8 Å². The van der Waals surface area contributed by atoms with E-state index < -0.39 is 10.1 Å². The number of hydrogen-bond acceptors (Lipinski definition) is 8. The zero-order chi connectivity index (χ0) is 19.9. The highest BCUT2D eigenvalue weighted by Crippen LogP contribution is 2.23. The molecule has 2 aliphatic rings. The molecule has 2 fully saturated rings. The van der Waals surface area contributed by atoms with Gasteiger partial charge in [-0.15, -0.1) is 0 Å². The molecule has 0 saturated carbocycles. The fraction of sp³-hybridized carbons (Fsp3) is 0.778. The van der Waals surface area contributed by atoms with Gasteiger partial charge < -0.3 is 14.7 Å². The third-order valence-electron chi connectivity index (χ3n) is 5.12. The van der Waals surface area contributed by atoms with Gasteiger partial charge >= 0.3 is 0 Å². The number of nitriles is 2. The van der Waals surface area contributed by atoms with Crippen molar-refractivity contribution in [1.82, 2.24) is 14.7 Å². The lowest BCUT2D eigenvalue weighted by Crippen LogP contribution is -2.32. The number of rotatable bonds is 9. The van der Waals surface area contributed by atoms with Crippen LogP contribution in [0.1, 0.15) is 32.6 Å². The Bertz CT molecular complexity index is 706. The quantitative estimate of drug-likeness (QED) is 0.325. The fourth-order valence-corrected chi connectivity index (χ4v) is 4.21. The first-order valence-corrected chi connectivity index (χ1v) is 11.3. The first kappa shape index (κ1) is 21.5. The first-order chi connectivity index (χ1) is 12.9. The summed E-state index contributed by atoms with van der Waals surface area (Å²) in [4.78, 5) is 6.60. The molecule has 2 aliphatic heterocycles. The Labute approximate surface area is 162 Å². The average molecular weight is 396 g/mol. The normalized spacial score (nSPS) is 20.7. The summed E-state index contributed by atoms with van der Waals surface area (Å²) in [6, 6.07) is 4.65. The molecule has 150 valence electrons. The molecule has 0 aliphatic carbocycles. The molecule has 27 heavy (non-hydrogen) atoms. The summed E-state index contributed by atoms with van der Waals surface area (Å²) in [6.45, 7) is 7.40. The maximum absolute atomic E-state index is 11.1. The minimum absolute atomic E-state index is 0.101. The predicted octanol–water partition coefficient (Wildman–Crippen LogP) is 1.10. The van der Waals surface area contributed by atoms with Crippen molar-refractivity contribution in [2.45, 2.75) is 38.6 Å². The van der Waals surface area contributed by atoms with Crippen LogP contribution in [-0.4, -0.2) is 81.3 Å². The first-order valence-electron chi connectivity index (χ1n) is 9.48. The van der Waals surface area contributed by atoms with Gasteiger partial charge in [0.1, 0.15) is 18.0 Å². The molecular formula is C18H29N5O3S. The van der Waals surface area contributed by atoms with Crippen molar-refractivity contribution in [3.63, 3.8) is 0 Å². The Morgan fingerprint density at radius 3 is 2.26 bits per heavy atom. The van der Waals surface area contributed by atoms with E-state index in [1.54, 1.807) is 0 Å². The molecule has 0 amide bonds. The highest BCUT2D eigenvalue weighted by molar-refractivity contribution is 7.85. The molecule has 2 saturated heterocycles. The monoisotopic (exact) mass is 395 g/mol. The van der Waals surface area contributed by atoms with Crippen LogP contribution in [0.25, 0.3) is 0 Å². The maximum Gasteiger partial charge on any atom is 0.264 e. The second kappa shape index (κ2) is 9.93. The van der Waals surface area contributed by atoms with Crippen LogP contribution in [0.3, 0.4) is 0 Å². The van der Waals surface area contributed by atoms with E-state index >= 15 is 0 Å². The third-order valence-corrected chi connectivity index (χ3v) is 5.71. The molecule has 1 atom stereocenters. The summed E-state index contributed by atoms with van der Waals surface area (Å²) >= 11 is 0. The lowest BCUT2D eigenvalue weighted by atomic mass is 10.2. The number of allylic oxidation sites excluding steroid dienone is 1. The van der Waals surface area contributed by atoms with Crippen LogP contribution in [0, 0.1) is 22.7 Å². The highest BCUT2D eigenvalue weighted by Gasteiger charge is 2.28. The van der Waals surface area contributed by atoms with Crippen LogP contribution < -0.4 is 0 Å². The maximum atomic E-state index is 11.1. The second-order valence-electron chi connectivity index (χ2n) is 7.16. The van der Waals surface area contributed by atoms with Gasteiger partial charge in [-0.2, -0.15) is 18.9 Å². The van der Waals surface area contributed by atoms with Crippen molar-refractivity contribution < 1.29 is 12.6 Å². The summed E-state index contributed by atoms with van der Waals surface area (Å²) in [5.74, 6) is 0.675. The van der Waals surface area contributed by atoms with Gasteiger partial charge in [-0.05, 0) is 39.2 Å². The van der Waals surface area contributed by atoms with E-state index in [4.69, 9.17) is 4.18 Å². The lowest BCUT2D eigenvalue weighted by Gasteiger charge is -2.26. The Balaban J connectivity index is 1.92.